The predicted molar refractivity (Wildman–Crippen MR) is 305 cm³/mol. The summed E-state index contributed by atoms with van der Waals surface area (Å²) in [6.07, 6.45) is 13.7. The molecule has 4 heterocycles. The largest absolute Gasteiger partial charge is 0.453 e. The third kappa shape index (κ3) is 19.2. The molecule has 4 amide bonds. The number of carbonyl (C=O) groups excluding carboxylic acids is 4. The number of rotatable bonds is 29. The lowest BCUT2D eigenvalue weighted by atomic mass is 9.58. The molecule has 0 aliphatic carbocycles. The summed E-state index contributed by atoms with van der Waals surface area (Å²) in [4.78, 5) is 82.3. The van der Waals surface area contributed by atoms with E-state index in [9.17, 15) is 24.3 Å². The van der Waals surface area contributed by atoms with Crippen molar-refractivity contribution in [2.24, 2.45) is 17.8 Å². The van der Waals surface area contributed by atoms with Gasteiger partial charge in [-0.05, 0) is 66.5 Å². The molecule has 3 aromatic heterocycles. The molecule has 1 saturated heterocycles. The molecule has 0 saturated carbocycles. The number of aliphatic hydroxyl groups is 1. The predicted octanol–water partition coefficient (Wildman–Crippen LogP) is 4.37. The van der Waals surface area contributed by atoms with Gasteiger partial charge in [-0.25, -0.2) is 9.97 Å². The Bertz CT molecular complexity index is 2810. The molecule has 23 heteroatoms. The van der Waals surface area contributed by atoms with Crippen LogP contribution in [0.5, 0.6) is 0 Å². The first-order chi connectivity index (χ1) is 38.7. The quantitative estimate of drug-likeness (QED) is 0.0254. The van der Waals surface area contributed by atoms with E-state index in [1.165, 1.54) is 37.2 Å². The van der Waals surface area contributed by atoms with Gasteiger partial charge in [-0.1, -0.05) is 133 Å². The zero-order valence-electron chi connectivity index (χ0n) is 46.3. The Balaban J connectivity index is 1.24. The van der Waals surface area contributed by atoms with Crippen molar-refractivity contribution >= 4 is 45.0 Å². The van der Waals surface area contributed by atoms with Gasteiger partial charge in [0.1, 0.15) is 23.7 Å². The maximum Gasteiger partial charge on any atom is 0.453 e. The van der Waals surface area contributed by atoms with Crippen molar-refractivity contribution in [3.8, 4) is 0 Å². The summed E-state index contributed by atoms with van der Waals surface area (Å²) in [7, 11) is -3.59. The van der Waals surface area contributed by atoms with Gasteiger partial charge in [0, 0.05) is 62.3 Å². The second-order valence-corrected chi connectivity index (χ2v) is 21.3. The minimum atomic E-state index is -1.39. The van der Waals surface area contributed by atoms with Gasteiger partial charge in [-0.15, -0.1) is 0 Å². The molecule has 7 atom stereocenters. The van der Waals surface area contributed by atoms with Crippen molar-refractivity contribution in [3.05, 3.63) is 181 Å². The van der Waals surface area contributed by atoms with Crippen LogP contribution in [0.4, 0.5) is 0 Å². The number of hydrogen-bond donors (Lipinski definition) is 7. The molecule has 418 valence electrons. The number of aliphatic hydroxyl groups excluding tert-OH is 1. The molecular weight excluding hydrogens is 1010 g/mol. The third-order valence-electron chi connectivity index (χ3n) is 13.2. The van der Waals surface area contributed by atoms with E-state index in [-0.39, 0.29) is 54.4 Å². The highest BCUT2D eigenvalue weighted by Crippen LogP contribution is 2.25. The lowest BCUT2D eigenvalue weighted by Gasteiger charge is -2.42. The highest BCUT2D eigenvalue weighted by atomic mass is 16.7. The molecular formula is C57H73B3N12O8. The number of hydrogen-bond acceptors (Lipinski definition) is 16. The maximum atomic E-state index is 14.9. The first-order valence-corrected chi connectivity index (χ1v) is 27.4. The van der Waals surface area contributed by atoms with E-state index in [1.54, 1.807) is 18.6 Å². The minimum absolute atomic E-state index is 0.00140. The second-order valence-electron chi connectivity index (χ2n) is 21.3. The zero-order chi connectivity index (χ0) is 56.8. The van der Waals surface area contributed by atoms with Gasteiger partial charge in [-0.3, -0.25) is 49.7 Å². The van der Waals surface area contributed by atoms with E-state index in [1.807, 2.05) is 133 Å². The topological polar surface area (TPSA) is 266 Å². The highest BCUT2D eigenvalue weighted by Gasteiger charge is 2.52. The Kier molecular flexibility index (Phi) is 23.3. The standard InChI is InChI=1S/C57H73B3N12O8/c1-38(2)28-50(70-53(73)45(31-41-16-10-7-11-17-41)67-35-44-34-61-22-25-64-44)58-78-59(51(29-39(3)4)71-54(74)46(32-42-18-12-8-13-19-42)68-56(76)48-36-62-23-26-65-48)80-60(79-58)52(30-40(5)6)72-55(75)47(33-43-20-14-9-15-21-43)69-57(77)49-37-63-24-27-66-49/h7-27,34,36-40,45-47,50-52,54,67,71,74H,28-33,35H2,1-6H3,(H,68,76)(H,69,77)(H,70,73)(H,72,75). The molecule has 7 N–H and O–H groups in total. The van der Waals surface area contributed by atoms with E-state index in [2.05, 4.69) is 61.8 Å². The lowest BCUT2D eigenvalue weighted by Crippen LogP contribution is -2.69. The van der Waals surface area contributed by atoms with Crippen molar-refractivity contribution in [1.29, 1.82) is 0 Å². The first-order valence-electron chi connectivity index (χ1n) is 27.4. The number of amides is 4. The first kappa shape index (κ1) is 60.4. The van der Waals surface area contributed by atoms with Crippen LogP contribution in [0.15, 0.2) is 147 Å². The molecule has 1 aliphatic heterocycles. The fourth-order valence-corrected chi connectivity index (χ4v) is 9.45. The molecule has 7 rings (SSSR count). The van der Waals surface area contributed by atoms with Crippen LogP contribution < -0.4 is 31.9 Å². The monoisotopic (exact) mass is 1090 g/mol. The highest BCUT2D eigenvalue weighted by molar-refractivity contribution is 6.75. The molecule has 0 spiro atoms. The third-order valence-corrected chi connectivity index (χ3v) is 13.2. The smallest absolute Gasteiger partial charge is 0.450 e. The summed E-state index contributed by atoms with van der Waals surface area (Å²) in [6, 6.07) is 25.8. The molecule has 7 unspecified atom stereocenters. The Labute approximate surface area is 470 Å². The number of benzene rings is 3. The number of carbonyl (C=O) groups is 4. The van der Waals surface area contributed by atoms with Gasteiger partial charge in [-0.2, -0.15) is 0 Å². The molecule has 1 fully saturated rings. The van der Waals surface area contributed by atoms with Crippen LogP contribution in [0.3, 0.4) is 0 Å². The average molecular weight is 1090 g/mol. The van der Waals surface area contributed by atoms with Gasteiger partial charge in [0.25, 0.3) is 11.8 Å². The van der Waals surface area contributed by atoms with Crippen molar-refractivity contribution in [1.82, 2.24) is 61.8 Å². The summed E-state index contributed by atoms with van der Waals surface area (Å²) in [5.74, 6) is -4.40. The average Bonchev–Trinajstić information content (AvgIpc) is 3.51. The van der Waals surface area contributed by atoms with Crippen molar-refractivity contribution in [2.75, 3.05) is 0 Å². The normalized spacial score (nSPS) is 15.3. The summed E-state index contributed by atoms with van der Waals surface area (Å²) in [5.41, 5.74) is 3.35. The summed E-state index contributed by atoms with van der Waals surface area (Å²) in [5, 5.41) is 31.5. The Morgan fingerprint density at radius 2 is 0.900 bits per heavy atom. The van der Waals surface area contributed by atoms with Crippen LogP contribution in [0.25, 0.3) is 0 Å². The van der Waals surface area contributed by atoms with E-state index in [0.717, 1.165) is 16.7 Å². The minimum Gasteiger partial charge on any atom is -0.450 e. The van der Waals surface area contributed by atoms with Crippen molar-refractivity contribution in [2.45, 2.75) is 129 Å². The molecule has 80 heavy (non-hydrogen) atoms. The molecule has 6 aromatic rings. The van der Waals surface area contributed by atoms with Gasteiger partial charge in [0.05, 0.1) is 42.1 Å². The molecule has 0 radical (unpaired) electrons. The van der Waals surface area contributed by atoms with Crippen LogP contribution in [0, 0.1) is 17.8 Å². The molecule has 3 aromatic carbocycles. The van der Waals surface area contributed by atoms with E-state index in [0.29, 0.717) is 31.4 Å². The van der Waals surface area contributed by atoms with Crippen LogP contribution in [-0.4, -0.2) is 122 Å². The van der Waals surface area contributed by atoms with Gasteiger partial charge in [0.15, 0.2) is 0 Å². The maximum absolute atomic E-state index is 14.9. The summed E-state index contributed by atoms with van der Waals surface area (Å²) in [6.45, 7) is 12.4. The van der Waals surface area contributed by atoms with Crippen LogP contribution in [-0.2, 0) is 49.1 Å². The lowest BCUT2D eigenvalue weighted by molar-refractivity contribution is -0.124. The van der Waals surface area contributed by atoms with Crippen LogP contribution in [0.1, 0.15) is 104 Å². The van der Waals surface area contributed by atoms with Crippen molar-refractivity contribution < 1.29 is 38.0 Å². The fourth-order valence-electron chi connectivity index (χ4n) is 9.45. The molecule has 20 nitrogen and oxygen atoms in total. The Morgan fingerprint density at radius 1 is 0.487 bits per heavy atom. The zero-order valence-corrected chi connectivity index (χ0v) is 46.3. The fraction of sp³-hybridized carbons (Fsp3) is 0.404. The van der Waals surface area contributed by atoms with E-state index < -0.39 is 81.3 Å². The van der Waals surface area contributed by atoms with E-state index >= 15 is 0 Å². The molecule has 1 aliphatic rings. The molecule has 0 bridgehead atoms. The van der Waals surface area contributed by atoms with Gasteiger partial charge < -0.3 is 40.1 Å². The number of aromatic nitrogens is 6. The van der Waals surface area contributed by atoms with E-state index in [4.69, 9.17) is 13.7 Å². The Hall–Kier alpha value is -7.27. The van der Waals surface area contributed by atoms with Gasteiger partial charge >= 0.3 is 21.4 Å². The number of nitrogens with zero attached hydrogens (tertiary/aromatic N) is 6. The van der Waals surface area contributed by atoms with Crippen LogP contribution >= 0.6 is 0 Å². The van der Waals surface area contributed by atoms with Crippen LogP contribution in [0.2, 0.25) is 0 Å². The van der Waals surface area contributed by atoms with Crippen molar-refractivity contribution in [3.63, 3.8) is 0 Å². The van der Waals surface area contributed by atoms with Gasteiger partial charge in [0.2, 0.25) is 11.8 Å². The number of nitrogens with one attached hydrogen (secondary N) is 6. The second kappa shape index (κ2) is 30.9. The SMILES string of the molecule is CC(C)CC(NC(=O)C(Cc1ccccc1)NCc1cnccn1)B1OB(C(CC(C)C)NC(=O)C(Cc2ccccc2)NC(=O)c2cnccn2)OB(C(CC(C)C)NC(O)C(Cc2ccccc2)NC(=O)c2cnccn2)O1. The summed E-state index contributed by atoms with van der Waals surface area (Å²) < 4.78 is 20.8. The summed E-state index contributed by atoms with van der Waals surface area (Å²) >= 11 is 0. The Morgan fingerprint density at radius 3 is 1.35 bits per heavy atom.